The number of ether oxygens (including phenoxy) is 1. The SMILES string of the molecule is CCc1nccn1C[C@@](c1cccc(F)c1)(C1CCN(CC2CN(c3ccc(S(=O)(=O)C4CN(C(=O)/C=C/CN5CCCCC5)C4)cc3)C2)CC1)[C@H]1CCC[C@@H]1CC(=O)OC. The summed E-state index contributed by atoms with van der Waals surface area (Å²) in [6.07, 6.45) is 17.3. The molecule has 1 saturated carbocycles. The van der Waals surface area contributed by atoms with Crippen LogP contribution in [0, 0.1) is 29.5 Å². The minimum atomic E-state index is -3.53. The first-order chi connectivity index (χ1) is 29.6. The van der Waals surface area contributed by atoms with Crippen LogP contribution in [0.5, 0.6) is 0 Å². The van der Waals surface area contributed by atoms with Crippen molar-refractivity contribution in [3.8, 4) is 0 Å². The number of sulfone groups is 1. The molecule has 0 N–H and O–H groups in total. The van der Waals surface area contributed by atoms with Gasteiger partial charge in [-0.15, -0.1) is 0 Å². The predicted molar refractivity (Wildman–Crippen MR) is 235 cm³/mol. The van der Waals surface area contributed by atoms with Crippen LogP contribution < -0.4 is 4.90 Å². The van der Waals surface area contributed by atoms with Gasteiger partial charge in [0.2, 0.25) is 5.91 Å². The molecule has 1 amide bonds. The topological polar surface area (TPSA) is 108 Å². The number of halogens is 1. The lowest BCUT2D eigenvalue weighted by molar-refractivity contribution is -0.142. The molecule has 1 aromatic heterocycles. The van der Waals surface area contributed by atoms with Crippen LogP contribution in [0.4, 0.5) is 10.1 Å². The summed E-state index contributed by atoms with van der Waals surface area (Å²) in [5.74, 6) is 1.69. The smallest absolute Gasteiger partial charge is 0.305 e. The van der Waals surface area contributed by atoms with Gasteiger partial charge in [0, 0.05) is 94.1 Å². The number of nitrogens with zero attached hydrogens (tertiary/aromatic N) is 6. The fraction of sp³-hybridized carbons (Fsp3) is 0.604. The molecule has 0 radical (unpaired) electrons. The zero-order valence-corrected chi connectivity index (χ0v) is 37.0. The van der Waals surface area contributed by atoms with Crippen LogP contribution in [0.1, 0.15) is 76.1 Å². The van der Waals surface area contributed by atoms with Gasteiger partial charge < -0.3 is 24.0 Å². The Morgan fingerprint density at radius 3 is 2.38 bits per heavy atom. The van der Waals surface area contributed by atoms with E-state index >= 15 is 4.39 Å². The van der Waals surface area contributed by atoms with Gasteiger partial charge in [0.05, 0.1) is 12.0 Å². The summed E-state index contributed by atoms with van der Waals surface area (Å²) < 4.78 is 49.6. The summed E-state index contributed by atoms with van der Waals surface area (Å²) in [5.41, 5.74) is 1.69. The van der Waals surface area contributed by atoms with Gasteiger partial charge in [-0.3, -0.25) is 14.5 Å². The Labute approximate surface area is 362 Å². The van der Waals surface area contributed by atoms with E-state index in [9.17, 15) is 18.0 Å². The van der Waals surface area contributed by atoms with Gasteiger partial charge in [-0.25, -0.2) is 17.8 Å². The van der Waals surface area contributed by atoms with Crippen molar-refractivity contribution in [2.75, 3.05) is 77.5 Å². The summed E-state index contributed by atoms with van der Waals surface area (Å²) in [4.78, 5) is 39.3. The Balaban J connectivity index is 0.868. The van der Waals surface area contributed by atoms with Crippen LogP contribution >= 0.6 is 0 Å². The van der Waals surface area contributed by atoms with Crippen molar-refractivity contribution in [1.29, 1.82) is 0 Å². The number of aromatic nitrogens is 2. The van der Waals surface area contributed by atoms with E-state index in [0.717, 1.165) is 108 Å². The average molecular weight is 857 g/mol. The number of rotatable bonds is 16. The van der Waals surface area contributed by atoms with E-state index in [-0.39, 0.29) is 48.0 Å². The van der Waals surface area contributed by atoms with Gasteiger partial charge in [0.15, 0.2) is 9.84 Å². The number of carbonyl (C=O) groups excluding carboxylic acids is 2. The second-order valence-electron chi connectivity index (χ2n) is 18.5. The second kappa shape index (κ2) is 19.1. The highest BCUT2D eigenvalue weighted by Crippen LogP contribution is 2.54. The van der Waals surface area contributed by atoms with Crippen LogP contribution in [0.15, 0.2) is 78.0 Å². The number of aryl methyl sites for hydroxylation is 1. The lowest BCUT2D eigenvalue weighted by Gasteiger charge is -2.51. The minimum Gasteiger partial charge on any atom is -0.469 e. The van der Waals surface area contributed by atoms with Crippen molar-refractivity contribution in [3.63, 3.8) is 0 Å². The number of benzene rings is 2. The van der Waals surface area contributed by atoms with Crippen molar-refractivity contribution in [2.45, 2.75) is 93.2 Å². The normalized spacial score (nSPS) is 23.5. The Hall–Kier alpha value is -4.07. The lowest BCUT2D eigenvalue weighted by Crippen LogP contribution is -2.56. The number of methoxy groups -OCH3 is 1. The number of anilines is 1. The van der Waals surface area contributed by atoms with Crippen molar-refractivity contribution >= 4 is 27.4 Å². The number of hydrogen-bond donors (Lipinski definition) is 0. The molecule has 13 heteroatoms. The van der Waals surface area contributed by atoms with E-state index in [1.165, 1.54) is 32.4 Å². The van der Waals surface area contributed by atoms with E-state index in [1.54, 1.807) is 29.2 Å². The molecule has 0 bridgehead atoms. The molecule has 330 valence electrons. The molecule has 1 aliphatic carbocycles. The average Bonchev–Trinajstić information content (AvgIpc) is 3.90. The number of likely N-dealkylation sites (tertiary alicyclic amines) is 3. The quantitative estimate of drug-likeness (QED) is 0.120. The molecule has 5 aliphatic rings. The fourth-order valence-corrected chi connectivity index (χ4v) is 13.2. The highest BCUT2D eigenvalue weighted by Gasteiger charge is 2.52. The molecule has 2 aromatic carbocycles. The van der Waals surface area contributed by atoms with Gasteiger partial charge >= 0.3 is 5.97 Å². The second-order valence-corrected chi connectivity index (χ2v) is 20.7. The Bertz CT molecular complexity index is 2100. The zero-order valence-electron chi connectivity index (χ0n) is 36.2. The van der Waals surface area contributed by atoms with E-state index in [4.69, 9.17) is 4.74 Å². The van der Waals surface area contributed by atoms with Crippen LogP contribution in [0.3, 0.4) is 0 Å². The molecule has 61 heavy (non-hydrogen) atoms. The van der Waals surface area contributed by atoms with Gasteiger partial charge in [0.1, 0.15) is 16.9 Å². The third-order valence-electron chi connectivity index (χ3n) is 14.9. The first kappa shape index (κ1) is 43.6. The number of piperidine rings is 2. The third kappa shape index (κ3) is 9.49. The number of carbonyl (C=O) groups is 2. The standard InChI is InChI=1S/C48H65FN6O5S/c1-3-45-50-21-27-53(45)35-48(39-11-8-12-40(49)29-39,44-13-7-10-37(44)28-47(57)60-2)38-19-25-52(26-20-38)30-36-31-54(32-36)41-15-17-42(18-16-41)61(58,59)43-33-55(34-43)46(56)14-9-24-51-22-5-4-6-23-51/h8-9,11-12,14-18,21,27,29,36-38,43-44H,3-7,10,13,19-20,22-26,28,30-35H2,1-2H3/b14-9+/t37-,44+,48+/m1/s1. The molecule has 3 aromatic rings. The Morgan fingerprint density at radius 2 is 1.67 bits per heavy atom. The van der Waals surface area contributed by atoms with E-state index in [1.807, 2.05) is 30.5 Å². The Morgan fingerprint density at radius 1 is 0.918 bits per heavy atom. The summed E-state index contributed by atoms with van der Waals surface area (Å²) in [5, 5.41) is -0.575. The highest BCUT2D eigenvalue weighted by atomic mass is 32.2. The molecular weight excluding hydrogens is 792 g/mol. The maximum Gasteiger partial charge on any atom is 0.305 e. The number of hydrogen-bond acceptors (Lipinski definition) is 9. The van der Waals surface area contributed by atoms with Crippen molar-refractivity contribution < 1.29 is 27.1 Å². The zero-order chi connectivity index (χ0) is 42.6. The molecule has 8 rings (SSSR count). The van der Waals surface area contributed by atoms with Crippen molar-refractivity contribution in [2.24, 2.45) is 23.7 Å². The number of esters is 1. The largest absolute Gasteiger partial charge is 0.469 e. The van der Waals surface area contributed by atoms with Gasteiger partial charge in [-0.2, -0.15) is 0 Å². The van der Waals surface area contributed by atoms with Crippen LogP contribution in [-0.4, -0.2) is 122 Å². The highest BCUT2D eigenvalue weighted by molar-refractivity contribution is 7.92. The van der Waals surface area contributed by atoms with E-state index in [0.29, 0.717) is 29.7 Å². The van der Waals surface area contributed by atoms with E-state index in [2.05, 4.69) is 43.4 Å². The Kier molecular flexibility index (Phi) is 13.7. The molecule has 0 unspecified atom stereocenters. The van der Waals surface area contributed by atoms with Crippen LogP contribution in [-0.2, 0) is 42.5 Å². The molecule has 5 fully saturated rings. The van der Waals surface area contributed by atoms with Crippen LogP contribution in [0.25, 0.3) is 0 Å². The number of amides is 1. The van der Waals surface area contributed by atoms with Crippen molar-refractivity contribution in [3.05, 3.63) is 90.3 Å². The predicted octanol–water partition coefficient (Wildman–Crippen LogP) is 6.38. The molecule has 3 atom stereocenters. The van der Waals surface area contributed by atoms with Gasteiger partial charge in [0.25, 0.3) is 0 Å². The third-order valence-corrected chi connectivity index (χ3v) is 17.0. The molecule has 5 heterocycles. The minimum absolute atomic E-state index is 0.113. The lowest BCUT2D eigenvalue weighted by atomic mass is 9.57. The summed E-state index contributed by atoms with van der Waals surface area (Å²) >= 11 is 0. The fourth-order valence-electron chi connectivity index (χ4n) is 11.5. The van der Waals surface area contributed by atoms with Gasteiger partial charge in [-0.1, -0.05) is 38.0 Å². The molecular formula is C48H65FN6O5S. The number of imidazole rings is 1. The maximum atomic E-state index is 15.2. The van der Waals surface area contributed by atoms with Crippen LogP contribution in [0.2, 0.25) is 0 Å². The first-order valence-corrected chi connectivity index (χ1v) is 24.4. The summed E-state index contributed by atoms with van der Waals surface area (Å²) in [6, 6.07) is 14.6. The molecule has 4 saturated heterocycles. The summed E-state index contributed by atoms with van der Waals surface area (Å²) in [6.45, 7) is 11.0. The van der Waals surface area contributed by atoms with E-state index < -0.39 is 15.1 Å². The maximum absolute atomic E-state index is 15.2. The summed E-state index contributed by atoms with van der Waals surface area (Å²) in [7, 11) is -2.06. The van der Waals surface area contributed by atoms with Crippen molar-refractivity contribution in [1.82, 2.24) is 24.3 Å². The molecule has 11 nitrogen and oxygen atoms in total. The first-order valence-electron chi connectivity index (χ1n) is 22.9. The monoisotopic (exact) mass is 856 g/mol. The molecule has 4 aliphatic heterocycles. The molecule has 0 spiro atoms. The van der Waals surface area contributed by atoms with Gasteiger partial charge in [-0.05, 0) is 124 Å².